The van der Waals surface area contributed by atoms with Gasteiger partial charge in [-0.25, -0.2) is 0 Å². The van der Waals surface area contributed by atoms with Crippen molar-refractivity contribution in [2.75, 3.05) is 13.2 Å². The van der Waals surface area contributed by atoms with Crippen LogP contribution in [0.3, 0.4) is 0 Å². The van der Waals surface area contributed by atoms with Gasteiger partial charge in [-0.15, -0.1) is 0 Å². The van der Waals surface area contributed by atoms with E-state index in [-0.39, 0.29) is 18.4 Å². The molecular weight excluding hydrogens is 250 g/mol. The zero-order valence-corrected chi connectivity index (χ0v) is 12.6. The molecule has 3 nitrogen and oxygen atoms in total. The van der Waals surface area contributed by atoms with E-state index in [0.29, 0.717) is 12.5 Å². The number of amides is 1. The number of aliphatic hydroxyl groups is 1. The summed E-state index contributed by atoms with van der Waals surface area (Å²) in [6.07, 6.45) is 3.68. The third-order valence-corrected chi connectivity index (χ3v) is 3.73. The molecule has 1 aromatic rings. The molecule has 0 bridgehead atoms. The Labute approximate surface area is 122 Å². The average Bonchev–Trinajstić information content (AvgIpc) is 2.47. The van der Waals surface area contributed by atoms with Crippen LogP contribution < -0.4 is 5.32 Å². The predicted molar refractivity (Wildman–Crippen MR) is 82.6 cm³/mol. The molecule has 0 radical (unpaired) electrons. The molecule has 1 aromatic carbocycles. The largest absolute Gasteiger partial charge is 0.396 e. The number of hydrogen-bond donors (Lipinski definition) is 2. The fraction of sp³-hybridized carbons (Fsp3) is 0.588. The normalized spacial score (nSPS) is 13.8. The van der Waals surface area contributed by atoms with Crippen LogP contribution in [-0.2, 0) is 4.79 Å². The van der Waals surface area contributed by atoms with Crippen LogP contribution in [-0.4, -0.2) is 24.2 Å². The summed E-state index contributed by atoms with van der Waals surface area (Å²) >= 11 is 0. The molecule has 0 aliphatic rings. The van der Waals surface area contributed by atoms with Gasteiger partial charge >= 0.3 is 0 Å². The quantitative estimate of drug-likeness (QED) is 0.728. The lowest BCUT2D eigenvalue weighted by Crippen LogP contribution is -2.33. The summed E-state index contributed by atoms with van der Waals surface area (Å²) < 4.78 is 0. The Balaban J connectivity index is 2.55. The minimum Gasteiger partial charge on any atom is -0.396 e. The van der Waals surface area contributed by atoms with Gasteiger partial charge in [-0.2, -0.15) is 0 Å². The first-order chi connectivity index (χ1) is 9.72. The van der Waals surface area contributed by atoms with E-state index in [1.165, 1.54) is 0 Å². The van der Waals surface area contributed by atoms with Gasteiger partial charge in [0, 0.05) is 13.2 Å². The Morgan fingerprint density at radius 3 is 2.45 bits per heavy atom. The smallest absolute Gasteiger partial charge is 0.227 e. The third kappa shape index (κ3) is 5.33. The topological polar surface area (TPSA) is 49.3 Å². The van der Waals surface area contributed by atoms with E-state index in [1.807, 2.05) is 37.3 Å². The molecule has 112 valence electrons. The van der Waals surface area contributed by atoms with Crippen molar-refractivity contribution in [2.45, 2.75) is 45.4 Å². The van der Waals surface area contributed by atoms with E-state index in [2.05, 4.69) is 12.2 Å². The van der Waals surface area contributed by atoms with Crippen LogP contribution >= 0.6 is 0 Å². The zero-order valence-electron chi connectivity index (χ0n) is 12.6. The van der Waals surface area contributed by atoms with Crippen LogP contribution in [0, 0.1) is 5.92 Å². The second-order valence-corrected chi connectivity index (χ2v) is 5.28. The highest BCUT2D eigenvalue weighted by Crippen LogP contribution is 2.19. The van der Waals surface area contributed by atoms with Gasteiger partial charge in [0.15, 0.2) is 0 Å². The maximum absolute atomic E-state index is 12.3. The van der Waals surface area contributed by atoms with E-state index >= 15 is 0 Å². The Morgan fingerprint density at radius 2 is 1.90 bits per heavy atom. The van der Waals surface area contributed by atoms with Gasteiger partial charge in [0.1, 0.15) is 0 Å². The number of benzene rings is 1. The van der Waals surface area contributed by atoms with Gasteiger partial charge in [0.05, 0.1) is 5.92 Å². The Morgan fingerprint density at radius 1 is 1.20 bits per heavy atom. The first kappa shape index (κ1) is 16.7. The van der Waals surface area contributed by atoms with Gasteiger partial charge < -0.3 is 10.4 Å². The molecular formula is C17H27NO2. The predicted octanol–water partition coefficient (Wildman–Crippen LogP) is 3.10. The molecule has 0 aliphatic carbocycles. The molecule has 0 saturated heterocycles. The van der Waals surface area contributed by atoms with Crippen LogP contribution in [0.1, 0.15) is 51.0 Å². The standard InChI is InChI=1S/C17H27NO2/c1-3-8-14(11-12-19)13-18-17(20)16(4-2)15-9-6-5-7-10-15/h5-7,9-10,14,16,19H,3-4,8,11-13H2,1-2H3,(H,18,20). The summed E-state index contributed by atoms with van der Waals surface area (Å²) in [7, 11) is 0. The molecule has 0 heterocycles. The first-order valence-electron chi connectivity index (χ1n) is 7.66. The van der Waals surface area contributed by atoms with Crippen LogP contribution in [0.5, 0.6) is 0 Å². The number of carbonyl (C=O) groups excluding carboxylic acids is 1. The summed E-state index contributed by atoms with van der Waals surface area (Å²) in [5, 5.41) is 12.1. The molecule has 1 rings (SSSR count). The lowest BCUT2D eigenvalue weighted by molar-refractivity contribution is -0.122. The monoisotopic (exact) mass is 277 g/mol. The summed E-state index contributed by atoms with van der Waals surface area (Å²) in [5.74, 6) is 0.396. The van der Waals surface area contributed by atoms with Gasteiger partial charge in [0.2, 0.25) is 5.91 Å². The highest BCUT2D eigenvalue weighted by atomic mass is 16.3. The summed E-state index contributed by atoms with van der Waals surface area (Å²) in [6.45, 7) is 5.02. The van der Waals surface area contributed by atoms with E-state index in [9.17, 15) is 4.79 Å². The van der Waals surface area contributed by atoms with Gasteiger partial charge in [-0.1, -0.05) is 50.6 Å². The maximum Gasteiger partial charge on any atom is 0.227 e. The fourth-order valence-electron chi connectivity index (χ4n) is 2.57. The van der Waals surface area contributed by atoms with Gasteiger partial charge in [-0.3, -0.25) is 4.79 Å². The molecule has 0 fully saturated rings. The van der Waals surface area contributed by atoms with Crippen LogP contribution in [0.15, 0.2) is 30.3 Å². The Hall–Kier alpha value is -1.35. The number of carbonyl (C=O) groups is 1. The van der Waals surface area contributed by atoms with Crippen LogP contribution in [0.4, 0.5) is 0 Å². The second-order valence-electron chi connectivity index (χ2n) is 5.28. The van der Waals surface area contributed by atoms with Crippen molar-refractivity contribution in [3.05, 3.63) is 35.9 Å². The summed E-state index contributed by atoms with van der Waals surface area (Å²) in [6, 6.07) is 9.91. The fourth-order valence-corrected chi connectivity index (χ4v) is 2.57. The van der Waals surface area contributed by atoms with E-state index in [4.69, 9.17) is 5.11 Å². The highest BCUT2D eigenvalue weighted by molar-refractivity contribution is 5.83. The van der Waals surface area contributed by atoms with E-state index < -0.39 is 0 Å². The molecule has 3 heteroatoms. The van der Waals surface area contributed by atoms with Crippen molar-refractivity contribution in [2.24, 2.45) is 5.92 Å². The minimum absolute atomic E-state index is 0.0763. The SMILES string of the molecule is CCCC(CCO)CNC(=O)C(CC)c1ccccc1. The van der Waals surface area contributed by atoms with Crippen molar-refractivity contribution >= 4 is 5.91 Å². The average molecular weight is 277 g/mol. The summed E-state index contributed by atoms with van der Waals surface area (Å²) in [5.41, 5.74) is 1.07. The van der Waals surface area contributed by atoms with Crippen LogP contribution in [0.2, 0.25) is 0 Å². The molecule has 2 unspecified atom stereocenters. The Bertz CT molecular complexity index is 372. The van der Waals surface area contributed by atoms with E-state index in [0.717, 1.165) is 31.2 Å². The third-order valence-electron chi connectivity index (χ3n) is 3.73. The molecule has 2 N–H and O–H groups in total. The molecule has 0 saturated carbocycles. The lowest BCUT2D eigenvalue weighted by atomic mass is 9.94. The molecule has 20 heavy (non-hydrogen) atoms. The highest BCUT2D eigenvalue weighted by Gasteiger charge is 2.19. The van der Waals surface area contributed by atoms with Gasteiger partial charge in [-0.05, 0) is 30.7 Å². The number of aliphatic hydroxyl groups excluding tert-OH is 1. The van der Waals surface area contributed by atoms with Crippen molar-refractivity contribution in [3.63, 3.8) is 0 Å². The molecule has 0 spiro atoms. The van der Waals surface area contributed by atoms with Crippen molar-refractivity contribution in [1.29, 1.82) is 0 Å². The number of nitrogens with one attached hydrogen (secondary N) is 1. The maximum atomic E-state index is 12.3. The van der Waals surface area contributed by atoms with E-state index in [1.54, 1.807) is 0 Å². The first-order valence-corrected chi connectivity index (χ1v) is 7.66. The zero-order chi connectivity index (χ0) is 14.8. The van der Waals surface area contributed by atoms with Crippen molar-refractivity contribution < 1.29 is 9.90 Å². The molecule has 1 amide bonds. The second kappa shape index (κ2) is 9.54. The van der Waals surface area contributed by atoms with Crippen LogP contribution in [0.25, 0.3) is 0 Å². The minimum atomic E-state index is -0.0763. The van der Waals surface area contributed by atoms with Crippen molar-refractivity contribution in [3.8, 4) is 0 Å². The molecule has 2 atom stereocenters. The summed E-state index contributed by atoms with van der Waals surface area (Å²) in [4.78, 5) is 12.3. The molecule has 0 aliphatic heterocycles. The number of hydrogen-bond acceptors (Lipinski definition) is 2. The molecule has 0 aromatic heterocycles. The number of rotatable bonds is 9. The lowest BCUT2D eigenvalue weighted by Gasteiger charge is -2.19. The Kier molecular flexibility index (Phi) is 7.97. The van der Waals surface area contributed by atoms with Crippen molar-refractivity contribution in [1.82, 2.24) is 5.32 Å². The van der Waals surface area contributed by atoms with Gasteiger partial charge in [0.25, 0.3) is 0 Å².